The number of amidine groups is 1. The smallest absolute Gasteiger partial charge is 0.142 e. The summed E-state index contributed by atoms with van der Waals surface area (Å²) >= 11 is 0. The Morgan fingerprint density at radius 2 is 2.05 bits per heavy atom. The zero-order valence-electron chi connectivity index (χ0n) is 10.9. The van der Waals surface area contributed by atoms with Crippen molar-refractivity contribution in [2.75, 3.05) is 19.1 Å². The van der Waals surface area contributed by atoms with E-state index in [-0.39, 0.29) is 5.84 Å². The lowest BCUT2D eigenvalue weighted by Crippen LogP contribution is -2.15. The highest BCUT2D eigenvalue weighted by atomic mass is 16.5. The third-order valence-electron chi connectivity index (χ3n) is 2.85. The number of para-hydroxylation sites is 2. The molecule has 3 N–H and O–H groups in total. The van der Waals surface area contributed by atoms with Gasteiger partial charge in [-0.25, -0.2) is 0 Å². The third-order valence-corrected chi connectivity index (χ3v) is 2.85. The second-order valence-corrected chi connectivity index (χ2v) is 4.04. The quantitative estimate of drug-likeness (QED) is 0.649. The lowest BCUT2D eigenvalue weighted by atomic mass is 10.2. The van der Waals surface area contributed by atoms with Crippen molar-refractivity contribution in [3.05, 3.63) is 48.3 Å². The summed E-state index contributed by atoms with van der Waals surface area (Å²) < 4.78 is 5.34. The molecule has 5 nitrogen and oxygen atoms in total. The van der Waals surface area contributed by atoms with Gasteiger partial charge in [0.05, 0.1) is 12.8 Å². The zero-order valence-corrected chi connectivity index (χ0v) is 10.9. The van der Waals surface area contributed by atoms with Crippen LogP contribution in [0.1, 0.15) is 5.69 Å². The van der Waals surface area contributed by atoms with E-state index < -0.39 is 0 Å². The van der Waals surface area contributed by atoms with Crippen molar-refractivity contribution in [3.63, 3.8) is 0 Å². The minimum atomic E-state index is -0.0460. The summed E-state index contributed by atoms with van der Waals surface area (Å²) in [7, 11) is 3.57. The van der Waals surface area contributed by atoms with E-state index in [4.69, 9.17) is 15.9 Å². The first-order chi connectivity index (χ1) is 9.13. The Hall–Kier alpha value is -2.56. The molecule has 2 rings (SSSR count). The average Bonchev–Trinajstić information content (AvgIpc) is 2.46. The first-order valence-corrected chi connectivity index (χ1v) is 5.80. The van der Waals surface area contributed by atoms with E-state index in [0.29, 0.717) is 5.69 Å². The fourth-order valence-corrected chi connectivity index (χ4v) is 1.82. The van der Waals surface area contributed by atoms with Crippen molar-refractivity contribution in [2.45, 2.75) is 0 Å². The molecule has 1 heterocycles. The zero-order chi connectivity index (χ0) is 13.8. The number of aromatic nitrogens is 1. The van der Waals surface area contributed by atoms with E-state index in [2.05, 4.69) is 4.98 Å². The number of nitrogens with zero attached hydrogens (tertiary/aromatic N) is 2. The molecule has 0 saturated carbocycles. The summed E-state index contributed by atoms with van der Waals surface area (Å²) in [6.45, 7) is 0. The summed E-state index contributed by atoms with van der Waals surface area (Å²) in [5, 5.41) is 7.43. The number of pyridine rings is 1. The van der Waals surface area contributed by atoms with E-state index in [0.717, 1.165) is 17.1 Å². The number of nitrogens with one attached hydrogen (secondary N) is 1. The summed E-state index contributed by atoms with van der Waals surface area (Å²) in [4.78, 5) is 6.02. The van der Waals surface area contributed by atoms with Crippen LogP contribution in [0, 0.1) is 5.41 Å². The van der Waals surface area contributed by atoms with E-state index in [1.807, 2.05) is 42.3 Å². The molecule has 0 bridgehead atoms. The molecule has 1 aromatic heterocycles. The standard InChI is InChI=1S/C14H16N4O/c1-18(12-5-3-4-6-13(12)19-2)10-7-8-17-11(9-10)14(15)16/h3-9H,1-2H3,(H3,15,16). The number of benzene rings is 1. The number of ether oxygens (including phenoxy) is 1. The molecule has 0 aliphatic rings. The van der Waals surface area contributed by atoms with Crippen molar-refractivity contribution >= 4 is 17.2 Å². The van der Waals surface area contributed by atoms with Crippen LogP contribution in [0.4, 0.5) is 11.4 Å². The largest absolute Gasteiger partial charge is 0.495 e. The van der Waals surface area contributed by atoms with Crippen molar-refractivity contribution in [2.24, 2.45) is 5.73 Å². The van der Waals surface area contributed by atoms with Gasteiger partial charge in [-0.2, -0.15) is 0 Å². The maximum Gasteiger partial charge on any atom is 0.142 e. The number of rotatable bonds is 4. The Morgan fingerprint density at radius 1 is 1.32 bits per heavy atom. The number of nitrogens with two attached hydrogens (primary N) is 1. The third kappa shape index (κ3) is 2.65. The predicted molar refractivity (Wildman–Crippen MR) is 76.3 cm³/mol. The van der Waals surface area contributed by atoms with E-state index in [9.17, 15) is 0 Å². The van der Waals surface area contributed by atoms with E-state index >= 15 is 0 Å². The van der Waals surface area contributed by atoms with Crippen LogP contribution in [0.15, 0.2) is 42.6 Å². The molecule has 2 aromatic rings. The molecule has 0 atom stereocenters. The van der Waals surface area contributed by atoms with Gasteiger partial charge in [0.15, 0.2) is 0 Å². The molecule has 0 radical (unpaired) electrons. The first-order valence-electron chi connectivity index (χ1n) is 5.80. The summed E-state index contributed by atoms with van der Waals surface area (Å²) in [5.41, 5.74) is 7.74. The highest BCUT2D eigenvalue weighted by Gasteiger charge is 2.10. The second kappa shape index (κ2) is 5.39. The summed E-state index contributed by atoms with van der Waals surface area (Å²) in [6.07, 6.45) is 1.64. The SMILES string of the molecule is COc1ccccc1N(C)c1ccnc(C(=N)N)c1. The Kier molecular flexibility index (Phi) is 3.66. The van der Waals surface area contributed by atoms with E-state index in [1.54, 1.807) is 19.4 Å². The topological polar surface area (TPSA) is 75.2 Å². The van der Waals surface area contributed by atoms with Gasteiger partial charge in [0.1, 0.15) is 17.3 Å². The van der Waals surface area contributed by atoms with Crippen molar-refractivity contribution in [1.82, 2.24) is 4.98 Å². The molecule has 0 spiro atoms. The lowest BCUT2D eigenvalue weighted by Gasteiger charge is -2.22. The highest BCUT2D eigenvalue weighted by Crippen LogP contribution is 2.31. The molecule has 0 aliphatic carbocycles. The maximum absolute atomic E-state index is 7.43. The molecule has 19 heavy (non-hydrogen) atoms. The van der Waals surface area contributed by atoms with Crippen LogP contribution in [0.5, 0.6) is 5.75 Å². The summed E-state index contributed by atoms with van der Waals surface area (Å²) in [5.74, 6) is 0.737. The predicted octanol–water partition coefficient (Wildman–Crippen LogP) is 2.14. The number of hydrogen-bond acceptors (Lipinski definition) is 4. The molecule has 98 valence electrons. The summed E-state index contributed by atoms with van der Waals surface area (Å²) in [6, 6.07) is 11.4. The fourth-order valence-electron chi connectivity index (χ4n) is 1.82. The maximum atomic E-state index is 7.43. The molecule has 0 amide bonds. The molecular formula is C14H16N4O. The van der Waals surface area contributed by atoms with Crippen LogP contribution in [-0.4, -0.2) is 25.0 Å². The van der Waals surface area contributed by atoms with Crippen LogP contribution in [-0.2, 0) is 0 Å². The molecule has 5 heteroatoms. The van der Waals surface area contributed by atoms with Crippen LogP contribution in [0.25, 0.3) is 0 Å². The fraction of sp³-hybridized carbons (Fsp3) is 0.143. The van der Waals surface area contributed by atoms with Gasteiger partial charge in [-0.15, -0.1) is 0 Å². The second-order valence-electron chi connectivity index (χ2n) is 4.04. The highest BCUT2D eigenvalue weighted by molar-refractivity contribution is 5.94. The van der Waals surface area contributed by atoms with Crippen LogP contribution in [0.2, 0.25) is 0 Å². The van der Waals surface area contributed by atoms with Crippen molar-refractivity contribution in [1.29, 1.82) is 5.41 Å². The van der Waals surface area contributed by atoms with Gasteiger partial charge in [-0.1, -0.05) is 12.1 Å². The molecule has 0 aliphatic heterocycles. The molecule has 0 fully saturated rings. The molecule has 0 saturated heterocycles. The number of methoxy groups -OCH3 is 1. The number of anilines is 2. The van der Waals surface area contributed by atoms with Crippen LogP contribution >= 0.6 is 0 Å². The average molecular weight is 256 g/mol. The molecule has 1 aromatic carbocycles. The van der Waals surface area contributed by atoms with Gasteiger partial charge in [-0.3, -0.25) is 10.4 Å². The minimum absolute atomic E-state index is 0.0460. The van der Waals surface area contributed by atoms with Gasteiger partial charge >= 0.3 is 0 Å². The number of hydrogen-bond donors (Lipinski definition) is 2. The van der Waals surface area contributed by atoms with Crippen molar-refractivity contribution < 1.29 is 4.74 Å². The van der Waals surface area contributed by atoms with Crippen LogP contribution in [0.3, 0.4) is 0 Å². The van der Waals surface area contributed by atoms with Gasteiger partial charge in [0, 0.05) is 18.9 Å². The molecule has 0 unspecified atom stereocenters. The van der Waals surface area contributed by atoms with Crippen LogP contribution < -0.4 is 15.4 Å². The normalized spacial score (nSPS) is 10.0. The monoisotopic (exact) mass is 256 g/mol. The Balaban J connectivity index is 2.41. The lowest BCUT2D eigenvalue weighted by molar-refractivity contribution is 0.415. The van der Waals surface area contributed by atoms with Crippen molar-refractivity contribution in [3.8, 4) is 5.75 Å². The van der Waals surface area contributed by atoms with Gasteiger partial charge in [0.2, 0.25) is 0 Å². The first kappa shape index (κ1) is 12.9. The number of nitrogen functional groups attached to an aromatic ring is 1. The minimum Gasteiger partial charge on any atom is -0.495 e. The van der Waals surface area contributed by atoms with Gasteiger partial charge in [-0.05, 0) is 24.3 Å². The molecular weight excluding hydrogens is 240 g/mol. The van der Waals surface area contributed by atoms with E-state index in [1.165, 1.54) is 0 Å². The Labute approximate surface area is 112 Å². The van der Waals surface area contributed by atoms with Gasteiger partial charge in [0.25, 0.3) is 0 Å². The Bertz CT molecular complexity index is 598. The van der Waals surface area contributed by atoms with Gasteiger partial charge < -0.3 is 15.4 Å². The Morgan fingerprint density at radius 3 is 2.74 bits per heavy atom.